The minimum absolute atomic E-state index is 0.210. The Morgan fingerprint density at radius 3 is 3.10 bits per heavy atom. The van der Waals surface area contributed by atoms with E-state index in [0.717, 1.165) is 43.5 Å². The van der Waals surface area contributed by atoms with Gasteiger partial charge in [-0.25, -0.2) is 4.99 Å². The minimum Gasteiger partial charge on any atom is -0.383 e. The van der Waals surface area contributed by atoms with Crippen LogP contribution in [0.1, 0.15) is 31.9 Å². The molecule has 1 aliphatic rings. The molecule has 2 N–H and O–H groups in total. The number of aryl methyl sites for hydroxylation is 1. The van der Waals surface area contributed by atoms with E-state index in [2.05, 4.69) is 37.3 Å². The Bertz CT molecular complexity index is 456. The largest absolute Gasteiger partial charge is 0.383 e. The highest BCUT2D eigenvalue weighted by Gasteiger charge is 2.16. The fourth-order valence-corrected chi connectivity index (χ4v) is 2.32. The number of rotatable bonds is 6. The summed E-state index contributed by atoms with van der Waals surface area (Å²) in [4.78, 5) is 4.57. The predicted molar refractivity (Wildman–Crippen MR) is 77.6 cm³/mol. The molecule has 2 heterocycles. The van der Waals surface area contributed by atoms with Crippen LogP contribution in [0, 0.1) is 0 Å². The van der Waals surface area contributed by atoms with Gasteiger partial charge in [0.2, 0.25) is 0 Å². The van der Waals surface area contributed by atoms with Crippen LogP contribution in [-0.2, 0) is 24.2 Å². The van der Waals surface area contributed by atoms with Gasteiger partial charge in [0.25, 0.3) is 0 Å². The standard InChI is InChI=1S/C13H24N6O/c1-4-14-13(16-10(2)9-20-3)15-8-12-18-17-11-6-5-7-19(11)12/h10H,4-9H2,1-3H3,(H2,14,15,16). The van der Waals surface area contributed by atoms with E-state index >= 15 is 0 Å². The van der Waals surface area contributed by atoms with Gasteiger partial charge in [-0.1, -0.05) is 0 Å². The molecule has 7 heteroatoms. The fraction of sp³-hybridized carbons (Fsp3) is 0.769. The maximum atomic E-state index is 5.12. The lowest BCUT2D eigenvalue weighted by Gasteiger charge is -2.16. The summed E-state index contributed by atoms with van der Waals surface area (Å²) in [7, 11) is 1.70. The zero-order valence-electron chi connectivity index (χ0n) is 12.5. The molecule has 7 nitrogen and oxygen atoms in total. The molecule has 0 aliphatic carbocycles. The number of aromatic nitrogens is 3. The molecule has 0 saturated carbocycles. The molecule has 1 unspecified atom stereocenters. The first-order chi connectivity index (χ1) is 9.74. The van der Waals surface area contributed by atoms with Gasteiger partial charge < -0.3 is 19.9 Å². The van der Waals surface area contributed by atoms with Crippen LogP contribution in [0.3, 0.4) is 0 Å². The average Bonchev–Trinajstić information content (AvgIpc) is 2.99. The monoisotopic (exact) mass is 280 g/mol. The van der Waals surface area contributed by atoms with E-state index in [1.54, 1.807) is 7.11 Å². The predicted octanol–water partition coefficient (Wildman–Crippen LogP) is 0.314. The summed E-state index contributed by atoms with van der Waals surface area (Å²) in [5.41, 5.74) is 0. The van der Waals surface area contributed by atoms with Crippen molar-refractivity contribution < 1.29 is 4.74 Å². The molecular weight excluding hydrogens is 256 g/mol. The van der Waals surface area contributed by atoms with Crippen molar-refractivity contribution in [2.75, 3.05) is 20.3 Å². The zero-order chi connectivity index (χ0) is 14.4. The molecule has 0 saturated heterocycles. The van der Waals surface area contributed by atoms with Crippen molar-refractivity contribution in [2.24, 2.45) is 4.99 Å². The van der Waals surface area contributed by atoms with Crippen molar-refractivity contribution in [1.82, 2.24) is 25.4 Å². The third-order valence-corrected chi connectivity index (χ3v) is 3.21. The average molecular weight is 280 g/mol. The van der Waals surface area contributed by atoms with Gasteiger partial charge in [0.05, 0.1) is 6.61 Å². The van der Waals surface area contributed by atoms with Crippen molar-refractivity contribution in [3.8, 4) is 0 Å². The molecule has 1 aromatic heterocycles. The lowest BCUT2D eigenvalue weighted by atomic mass is 10.4. The van der Waals surface area contributed by atoms with Crippen LogP contribution >= 0.6 is 0 Å². The quantitative estimate of drug-likeness (QED) is 0.579. The van der Waals surface area contributed by atoms with Crippen LogP contribution in [-0.4, -0.2) is 47.0 Å². The Balaban J connectivity index is 1.97. The van der Waals surface area contributed by atoms with Crippen molar-refractivity contribution in [1.29, 1.82) is 0 Å². The smallest absolute Gasteiger partial charge is 0.191 e. The molecule has 112 valence electrons. The van der Waals surface area contributed by atoms with E-state index < -0.39 is 0 Å². The molecule has 0 amide bonds. The molecule has 1 aromatic rings. The van der Waals surface area contributed by atoms with Gasteiger partial charge in [0.15, 0.2) is 11.8 Å². The van der Waals surface area contributed by atoms with Crippen LogP contribution in [0.25, 0.3) is 0 Å². The number of nitrogens with zero attached hydrogens (tertiary/aromatic N) is 4. The van der Waals surface area contributed by atoms with Crippen molar-refractivity contribution >= 4 is 5.96 Å². The van der Waals surface area contributed by atoms with Gasteiger partial charge in [-0.2, -0.15) is 0 Å². The first kappa shape index (κ1) is 14.8. The maximum Gasteiger partial charge on any atom is 0.191 e. The fourth-order valence-electron chi connectivity index (χ4n) is 2.32. The number of fused-ring (bicyclic) bond motifs is 1. The highest BCUT2D eigenvalue weighted by molar-refractivity contribution is 5.79. The molecule has 1 aliphatic heterocycles. The van der Waals surface area contributed by atoms with E-state index in [1.165, 1.54) is 0 Å². The first-order valence-electron chi connectivity index (χ1n) is 7.19. The second-order valence-electron chi connectivity index (χ2n) is 4.98. The van der Waals surface area contributed by atoms with Crippen LogP contribution in [0.15, 0.2) is 4.99 Å². The molecule has 0 aromatic carbocycles. The van der Waals surface area contributed by atoms with E-state index in [0.29, 0.717) is 13.2 Å². The maximum absolute atomic E-state index is 5.12. The zero-order valence-corrected chi connectivity index (χ0v) is 12.5. The van der Waals surface area contributed by atoms with Gasteiger partial charge in [-0.15, -0.1) is 10.2 Å². The van der Waals surface area contributed by atoms with Gasteiger partial charge in [-0.05, 0) is 20.3 Å². The Labute approximate surface area is 119 Å². The number of hydrogen-bond acceptors (Lipinski definition) is 4. The van der Waals surface area contributed by atoms with Gasteiger partial charge in [0.1, 0.15) is 12.4 Å². The first-order valence-corrected chi connectivity index (χ1v) is 7.19. The molecule has 20 heavy (non-hydrogen) atoms. The third kappa shape index (κ3) is 3.69. The lowest BCUT2D eigenvalue weighted by molar-refractivity contribution is 0.179. The third-order valence-electron chi connectivity index (χ3n) is 3.21. The second-order valence-corrected chi connectivity index (χ2v) is 4.98. The summed E-state index contributed by atoms with van der Waals surface area (Å²) in [5.74, 6) is 2.81. The second kappa shape index (κ2) is 7.23. The van der Waals surface area contributed by atoms with E-state index in [-0.39, 0.29) is 6.04 Å². The molecule has 0 fully saturated rings. The van der Waals surface area contributed by atoms with Crippen molar-refractivity contribution in [3.63, 3.8) is 0 Å². The molecule has 1 atom stereocenters. The SMILES string of the molecule is CCNC(=NCc1nnc2n1CCC2)NC(C)COC. The Hall–Kier alpha value is -1.63. The van der Waals surface area contributed by atoms with Gasteiger partial charge in [-0.3, -0.25) is 0 Å². The summed E-state index contributed by atoms with van der Waals surface area (Å²) in [6, 6.07) is 0.210. The number of ether oxygens (including phenoxy) is 1. The Kier molecular flexibility index (Phi) is 5.34. The molecule has 0 spiro atoms. The number of guanidine groups is 1. The number of nitrogens with one attached hydrogen (secondary N) is 2. The van der Waals surface area contributed by atoms with Crippen LogP contribution < -0.4 is 10.6 Å². The van der Waals surface area contributed by atoms with Crippen molar-refractivity contribution in [3.05, 3.63) is 11.6 Å². The van der Waals surface area contributed by atoms with Crippen LogP contribution in [0.5, 0.6) is 0 Å². The number of methoxy groups -OCH3 is 1. The van der Waals surface area contributed by atoms with Crippen LogP contribution in [0.4, 0.5) is 0 Å². The summed E-state index contributed by atoms with van der Waals surface area (Å²) in [6.45, 7) is 7.13. The van der Waals surface area contributed by atoms with E-state index in [1.807, 2.05) is 6.92 Å². The summed E-state index contributed by atoms with van der Waals surface area (Å²) < 4.78 is 7.29. The van der Waals surface area contributed by atoms with E-state index in [4.69, 9.17) is 4.74 Å². The topological polar surface area (TPSA) is 76.4 Å². The van der Waals surface area contributed by atoms with Crippen LogP contribution in [0.2, 0.25) is 0 Å². The number of hydrogen-bond donors (Lipinski definition) is 2. The Morgan fingerprint density at radius 1 is 1.50 bits per heavy atom. The molecule has 0 radical (unpaired) electrons. The Morgan fingerprint density at radius 2 is 2.35 bits per heavy atom. The van der Waals surface area contributed by atoms with Crippen molar-refractivity contribution in [2.45, 2.75) is 45.8 Å². The van der Waals surface area contributed by atoms with Gasteiger partial charge >= 0.3 is 0 Å². The summed E-state index contributed by atoms with van der Waals surface area (Å²) in [5, 5.41) is 14.9. The molecule has 2 rings (SSSR count). The normalized spacial score (nSPS) is 16.1. The molecule has 0 bridgehead atoms. The minimum atomic E-state index is 0.210. The highest BCUT2D eigenvalue weighted by atomic mass is 16.5. The summed E-state index contributed by atoms with van der Waals surface area (Å²) in [6.07, 6.45) is 2.19. The summed E-state index contributed by atoms with van der Waals surface area (Å²) >= 11 is 0. The lowest BCUT2D eigenvalue weighted by Crippen LogP contribution is -2.44. The highest BCUT2D eigenvalue weighted by Crippen LogP contribution is 2.14. The van der Waals surface area contributed by atoms with Gasteiger partial charge in [0, 0.05) is 32.7 Å². The molecular formula is C13H24N6O. The number of aliphatic imine (C=N–C) groups is 1. The van der Waals surface area contributed by atoms with E-state index in [9.17, 15) is 0 Å².